The molecule has 0 atom stereocenters. The van der Waals surface area contributed by atoms with Gasteiger partial charge in [0, 0.05) is 18.3 Å². The summed E-state index contributed by atoms with van der Waals surface area (Å²) in [7, 11) is 3.45. The molecule has 1 aromatic heterocycles. The van der Waals surface area contributed by atoms with Crippen molar-refractivity contribution in [2.24, 2.45) is 0 Å². The number of ether oxygens (including phenoxy) is 1. The molecule has 90 valence electrons. The Bertz CT molecular complexity index is 338. The van der Waals surface area contributed by atoms with Crippen LogP contribution in [0, 0.1) is 6.92 Å². The fourth-order valence-corrected chi connectivity index (χ4v) is 2.04. The van der Waals surface area contributed by atoms with Crippen LogP contribution in [-0.4, -0.2) is 36.6 Å². The number of hydrogen-bond donors (Lipinski definition) is 0. The summed E-state index contributed by atoms with van der Waals surface area (Å²) in [5.74, 6) is -0.141. The van der Waals surface area contributed by atoms with Gasteiger partial charge >= 0.3 is 5.97 Å². The van der Waals surface area contributed by atoms with E-state index in [1.54, 1.807) is 11.3 Å². The molecule has 1 heterocycles. The van der Waals surface area contributed by atoms with Crippen LogP contribution in [-0.2, 0) is 16.1 Å². The first-order valence-electron chi connectivity index (χ1n) is 5.28. The van der Waals surface area contributed by atoms with Crippen LogP contribution in [0.2, 0.25) is 0 Å². The normalized spacial score (nSPS) is 10.8. The van der Waals surface area contributed by atoms with Crippen molar-refractivity contribution in [2.75, 3.05) is 20.7 Å². The molecule has 0 amide bonds. The van der Waals surface area contributed by atoms with Gasteiger partial charge in [-0.05, 0) is 26.9 Å². The Balaban J connectivity index is 2.20. The van der Waals surface area contributed by atoms with Gasteiger partial charge in [0.15, 0.2) is 0 Å². The van der Waals surface area contributed by atoms with Crippen LogP contribution in [0.15, 0.2) is 5.38 Å². The fraction of sp³-hybridized carbons (Fsp3) is 0.636. The van der Waals surface area contributed by atoms with Crippen molar-refractivity contribution in [3.63, 3.8) is 0 Å². The van der Waals surface area contributed by atoms with Gasteiger partial charge in [0.25, 0.3) is 0 Å². The summed E-state index contributed by atoms with van der Waals surface area (Å²) in [5, 5.41) is 3.17. The highest BCUT2D eigenvalue weighted by molar-refractivity contribution is 7.09. The Hall–Kier alpha value is -0.940. The van der Waals surface area contributed by atoms with E-state index in [1.807, 2.05) is 14.0 Å². The number of carbonyl (C=O) groups is 1. The molecule has 0 aliphatic heterocycles. The lowest BCUT2D eigenvalue weighted by molar-refractivity contribution is -0.140. The van der Waals surface area contributed by atoms with Crippen molar-refractivity contribution < 1.29 is 9.53 Å². The third-order valence-electron chi connectivity index (χ3n) is 2.25. The predicted octanol–water partition coefficient (Wildman–Crippen LogP) is 1.84. The summed E-state index contributed by atoms with van der Waals surface area (Å²) in [4.78, 5) is 17.5. The van der Waals surface area contributed by atoms with Crippen LogP contribution in [0.5, 0.6) is 0 Å². The highest BCUT2D eigenvalue weighted by Crippen LogP contribution is 2.10. The van der Waals surface area contributed by atoms with Crippen LogP contribution in [0.25, 0.3) is 0 Å². The maximum absolute atomic E-state index is 10.9. The minimum absolute atomic E-state index is 0.141. The lowest BCUT2D eigenvalue weighted by Crippen LogP contribution is -2.20. The summed E-state index contributed by atoms with van der Waals surface area (Å²) in [6, 6.07) is 0. The van der Waals surface area contributed by atoms with Crippen molar-refractivity contribution in [2.45, 2.75) is 26.3 Å². The second-order valence-corrected chi connectivity index (χ2v) is 4.84. The molecule has 0 aromatic carbocycles. The van der Waals surface area contributed by atoms with Crippen molar-refractivity contribution in [1.82, 2.24) is 9.88 Å². The van der Waals surface area contributed by atoms with E-state index in [4.69, 9.17) is 0 Å². The SMILES string of the molecule is COC(=O)CCCN(C)Cc1csc(C)n1. The van der Waals surface area contributed by atoms with E-state index >= 15 is 0 Å². The first kappa shape index (κ1) is 13.1. The minimum Gasteiger partial charge on any atom is -0.469 e. The molecule has 0 saturated heterocycles. The molecule has 5 heteroatoms. The molecule has 0 fully saturated rings. The van der Waals surface area contributed by atoms with Gasteiger partial charge in [-0.2, -0.15) is 0 Å². The van der Waals surface area contributed by atoms with Crippen LogP contribution >= 0.6 is 11.3 Å². The zero-order valence-electron chi connectivity index (χ0n) is 10.0. The van der Waals surface area contributed by atoms with Gasteiger partial charge in [0.05, 0.1) is 17.8 Å². The first-order valence-corrected chi connectivity index (χ1v) is 6.16. The molecule has 1 aromatic rings. The molecule has 0 unspecified atom stereocenters. The smallest absolute Gasteiger partial charge is 0.305 e. The average Bonchev–Trinajstić information content (AvgIpc) is 2.63. The highest BCUT2D eigenvalue weighted by atomic mass is 32.1. The van der Waals surface area contributed by atoms with Crippen LogP contribution in [0.1, 0.15) is 23.5 Å². The lowest BCUT2D eigenvalue weighted by Gasteiger charge is -2.14. The lowest BCUT2D eigenvalue weighted by atomic mass is 10.3. The number of carbonyl (C=O) groups excluding carboxylic acids is 1. The molecule has 1 rings (SSSR count). The fourth-order valence-electron chi connectivity index (χ4n) is 1.43. The number of methoxy groups -OCH3 is 1. The molecular weight excluding hydrogens is 224 g/mol. The summed E-state index contributed by atoms with van der Waals surface area (Å²) in [6.45, 7) is 3.72. The quantitative estimate of drug-likeness (QED) is 0.714. The van der Waals surface area contributed by atoms with Gasteiger partial charge in [-0.1, -0.05) is 0 Å². The van der Waals surface area contributed by atoms with Gasteiger partial charge < -0.3 is 9.64 Å². The number of esters is 1. The monoisotopic (exact) mass is 242 g/mol. The van der Waals surface area contributed by atoms with E-state index in [0.29, 0.717) is 6.42 Å². The number of aryl methyl sites for hydroxylation is 1. The molecule has 0 radical (unpaired) electrons. The van der Waals surface area contributed by atoms with Crippen molar-refractivity contribution in [1.29, 1.82) is 0 Å². The maximum Gasteiger partial charge on any atom is 0.305 e. The van der Waals surface area contributed by atoms with Gasteiger partial charge in [-0.3, -0.25) is 4.79 Å². The van der Waals surface area contributed by atoms with Crippen molar-refractivity contribution in [3.8, 4) is 0 Å². The molecule has 4 nitrogen and oxygen atoms in total. The van der Waals surface area contributed by atoms with Crippen molar-refractivity contribution in [3.05, 3.63) is 16.1 Å². The van der Waals surface area contributed by atoms with Gasteiger partial charge in [0.2, 0.25) is 0 Å². The van der Waals surface area contributed by atoms with Crippen LogP contribution < -0.4 is 0 Å². The predicted molar refractivity (Wildman–Crippen MR) is 64.4 cm³/mol. The Morgan fingerprint density at radius 1 is 1.62 bits per heavy atom. The summed E-state index contributed by atoms with van der Waals surface area (Å²) in [6.07, 6.45) is 1.31. The van der Waals surface area contributed by atoms with E-state index in [9.17, 15) is 4.79 Å². The number of thiazole rings is 1. The number of aromatic nitrogens is 1. The largest absolute Gasteiger partial charge is 0.469 e. The van der Waals surface area contributed by atoms with Crippen molar-refractivity contribution >= 4 is 17.3 Å². The Morgan fingerprint density at radius 3 is 2.94 bits per heavy atom. The molecule has 0 spiro atoms. The number of rotatable bonds is 6. The van der Waals surface area contributed by atoms with Gasteiger partial charge in [-0.25, -0.2) is 4.98 Å². The van der Waals surface area contributed by atoms with Gasteiger partial charge in [0.1, 0.15) is 0 Å². The Kier molecular flexibility index (Phi) is 5.42. The Labute approximate surface area is 100 Å². The van der Waals surface area contributed by atoms with E-state index in [1.165, 1.54) is 7.11 Å². The molecule has 0 saturated carbocycles. The van der Waals surface area contributed by atoms with E-state index in [-0.39, 0.29) is 5.97 Å². The first-order chi connectivity index (χ1) is 7.61. The van der Waals surface area contributed by atoms with E-state index in [0.717, 1.165) is 30.2 Å². The summed E-state index contributed by atoms with van der Waals surface area (Å²) >= 11 is 1.67. The number of hydrogen-bond acceptors (Lipinski definition) is 5. The second kappa shape index (κ2) is 6.60. The standard InChI is InChI=1S/C11H18N2O2S/c1-9-12-10(8-16-9)7-13(2)6-4-5-11(14)15-3/h8H,4-7H2,1-3H3. The summed E-state index contributed by atoms with van der Waals surface area (Å²) in [5.41, 5.74) is 1.10. The molecule has 0 N–H and O–H groups in total. The van der Waals surface area contributed by atoms with E-state index < -0.39 is 0 Å². The average molecular weight is 242 g/mol. The molecule has 0 bridgehead atoms. The zero-order chi connectivity index (χ0) is 12.0. The second-order valence-electron chi connectivity index (χ2n) is 3.78. The highest BCUT2D eigenvalue weighted by Gasteiger charge is 2.05. The van der Waals surface area contributed by atoms with Crippen LogP contribution in [0.3, 0.4) is 0 Å². The number of nitrogens with zero attached hydrogens (tertiary/aromatic N) is 2. The molecule has 0 aliphatic carbocycles. The third-order valence-corrected chi connectivity index (χ3v) is 3.07. The Morgan fingerprint density at radius 2 is 2.38 bits per heavy atom. The maximum atomic E-state index is 10.9. The zero-order valence-corrected chi connectivity index (χ0v) is 10.8. The van der Waals surface area contributed by atoms with Crippen LogP contribution in [0.4, 0.5) is 0 Å². The van der Waals surface area contributed by atoms with E-state index in [2.05, 4.69) is 20.0 Å². The molecule has 0 aliphatic rings. The summed E-state index contributed by atoms with van der Waals surface area (Å²) < 4.78 is 4.59. The molecule has 16 heavy (non-hydrogen) atoms. The molecular formula is C11H18N2O2S. The third kappa shape index (κ3) is 4.72. The topological polar surface area (TPSA) is 42.4 Å². The minimum atomic E-state index is -0.141. The van der Waals surface area contributed by atoms with Gasteiger partial charge in [-0.15, -0.1) is 11.3 Å².